The summed E-state index contributed by atoms with van der Waals surface area (Å²) in [6, 6.07) is 0.666. The minimum absolute atomic E-state index is 0.666. The zero-order valence-corrected chi connectivity index (χ0v) is 7.06. The van der Waals surface area contributed by atoms with Crippen LogP contribution in [0.2, 0.25) is 0 Å². The van der Waals surface area contributed by atoms with Gasteiger partial charge < -0.3 is 0 Å². The Labute approximate surface area is 63.5 Å². The maximum absolute atomic E-state index is 4.59. The Kier molecular flexibility index (Phi) is 2.91. The molecule has 10 heavy (non-hydrogen) atoms. The van der Waals surface area contributed by atoms with Crippen LogP contribution in [0, 0.1) is 0 Å². The molecule has 0 aromatic heterocycles. The smallest absolute Gasteiger partial charge is 0.0498 e. The average Bonchev–Trinajstić information content (AvgIpc) is 1.88. The Morgan fingerprint density at radius 2 is 2.40 bits per heavy atom. The van der Waals surface area contributed by atoms with Crippen molar-refractivity contribution < 1.29 is 0 Å². The summed E-state index contributed by atoms with van der Waals surface area (Å²) in [6.07, 6.45) is 6.49. The maximum Gasteiger partial charge on any atom is 0.0498 e. The van der Waals surface area contributed by atoms with Crippen LogP contribution >= 0.6 is 0 Å². The van der Waals surface area contributed by atoms with Crippen molar-refractivity contribution in [2.75, 3.05) is 0 Å². The molecular formula is C9H17N. The number of aliphatic imine (C=N–C) groups is 1. The molecule has 0 amide bonds. The summed E-state index contributed by atoms with van der Waals surface area (Å²) in [6.45, 7) is 4.39. The van der Waals surface area contributed by atoms with Crippen LogP contribution in [0.5, 0.6) is 0 Å². The Balaban J connectivity index is 2.38. The predicted molar refractivity (Wildman–Crippen MR) is 45.7 cm³/mol. The largest absolute Gasteiger partial charge is 0.291 e. The van der Waals surface area contributed by atoms with Gasteiger partial charge in [-0.2, -0.15) is 0 Å². The molecule has 1 aliphatic heterocycles. The molecule has 1 heterocycles. The summed E-state index contributed by atoms with van der Waals surface area (Å²) < 4.78 is 0. The summed E-state index contributed by atoms with van der Waals surface area (Å²) in [5, 5.41) is 0. The molecule has 0 saturated carbocycles. The van der Waals surface area contributed by atoms with Gasteiger partial charge in [0.1, 0.15) is 0 Å². The van der Waals surface area contributed by atoms with Crippen LogP contribution in [0.15, 0.2) is 4.99 Å². The Bertz CT molecular complexity index is 127. The lowest BCUT2D eigenvalue weighted by molar-refractivity contribution is 0.527. The number of nitrogens with zero attached hydrogens (tertiary/aromatic N) is 1. The van der Waals surface area contributed by atoms with Crippen molar-refractivity contribution in [1.82, 2.24) is 0 Å². The minimum atomic E-state index is 0.666. The molecule has 1 heteroatoms. The fourth-order valence-electron chi connectivity index (χ4n) is 1.58. The summed E-state index contributed by atoms with van der Waals surface area (Å²) in [5.74, 6) is 0. The first-order chi connectivity index (χ1) is 4.83. The van der Waals surface area contributed by atoms with Gasteiger partial charge in [0.05, 0.1) is 0 Å². The van der Waals surface area contributed by atoms with Crippen LogP contribution in [-0.4, -0.2) is 11.8 Å². The highest BCUT2D eigenvalue weighted by Gasteiger charge is 2.10. The third-order valence-corrected chi connectivity index (χ3v) is 2.10. The second-order valence-corrected chi connectivity index (χ2v) is 3.20. The summed E-state index contributed by atoms with van der Waals surface area (Å²) in [5.41, 5.74) is 1.37. The van der Waals surface area contributed by atoms with Crippen molar-refractivity contribution >= 4 is 5.71 Å². The number of hydrogen-bond acceptors (Lipinski definition) is 1. The lowest BCUT2D eigenvalue weighted by atomic mass is 10.0. The third-order valence-electron chi connectivity index (χ3n) is 2.10. The van der Waals surface area contributed by atoms with E-state index in [9.17, 15) is 0 Å². The van der Waals surface area contributed by atoms with Crippen molar-refractivity contribution in [3.63, 3.8) is 0 Å². The van der Waals surface area contributed by atoms with Gasteiger partial charge in [-0.1, -0.05) is 13.3 Å². The van der Waals surface area contributed by atoms with Gasteiger partial charge in [-0.3, -0.25) is 4.99 Å². The molecule has 0 fully saturated rings. The summed E-state index contributed by atoms with van der Waals surface area (Å²) in [7, 11) is 0. The molecule has 1 unspecified atom stereocenters. The average molecular weight is 139 g/mol. The van der Waals surface area contributed by atoms with Gasteiger partial charge in [-0.25, -0.2) is 0 Å². The quantitative estimate of drug-likeness (QED) is 0.558. The number of hydrogen-bond donors (Lipinski definition) is 0. The lowest BCUT2D eigenvalue weighted by Gasteiger charge is -2.17. The summed E-state index contributed by atoms with van der Waals surface area (Å²) >= 11 is 0. The van der Waals surface area contributed by atoms with Gasteiger partial charge in [0.2, 0.25) is 0 Å². The van der Waals surface area contributed by atoms with Gasteiger partial charge in [0.15, 0.2) is 0 Å². The zero-order chi connectivity index (χ0) is 7.40. The molecule has 1 atom stereocenters. The number of rotatable bonds is 2. The summed E-state index contributed by atoms with van der Waals surface area (Å²) in [4.78, 5) is 4.59. The van der Waals surface area contributed by atoms with E-state index in [-0.39, 0.29) is 0 Å². The van der Waals surface area contributed by atoms with E-state index in [0.29, 0.717) is 6.04 Å². The van der Waals surface area contributed by atoms with E-state index in [0.717, 1.165) is 0 Å². The topological polar surface area (TPSA) is 12.4 Å². The van der Waals surface area contributed by atoms with E-state index in [1.165, 1.54) is 37.8 Å². The highest BCUT2D eigenvalue weighted by Crippen LogP contribution is 2.16. The van der Waals surface area contributed by atoms with Gasteiger partial charge in [0.25, 0.3) is 0 Å². The highest BCUT2D eigenvalue weighted by molar-refractivity contribution is 5.82. The van der Waals surface area contributed by atoms with E-state index in [4.69, 9.17) is 0 Å². The molecule has 1 aliphatic rings. The van der Waals surface area contributed by atoms with Crippen LogP contribution < -0.4 is 0 Å². The van der Waals surface area contributed by atoms with E-state index in [1.807, 2.05) is 0 Å². The molecule has 1 nitrogen and oxygen atoms in total. The highest BCUT2D eigenvalue weighted by atomic mass is 14.8. The molecule has 0 aliphatic carbocycles. The van der Waals surface area contributed by atoms with E-state index in [1.54, 1.807) is 0 Å². The normalized spacial score (nSPS) is 26.2. The molecule has 58 valence electrons. The molecule has 1 rings (SSSR count). The second-order valence-electron chi connectivity index (χ2n) is 3.20. The first kappa shape index (κ1) is 7.77. The maximum atomic E-state index is 4.59. The predicted octanol–water partition coefficient (Wildman–Crippen LogP) is 2.80. The third kappa shape index (κ3) is 2.13. The van der Waals surface area contributed by atoms with Gasteiger partial charge in [0, 0.05) is 11.8 Å². The van der Waals surface area contributed by atoms with Gasteiger partial charge in [-0.15, -0.1) is 0 Å². The van der Waals surface area contributed by atoms with Crippen molar-refractivity contribution in [3.05, 3.63) is 0 Å². The second kappa shape index (κ2) is 3.75. The van der Waals surface area contributed by atoms with Crippen molar-refractivity contribution in [3.8, 4) is 0 Å². The SMILES string of the molecule is CCCC1CCCC(C)=N1. The molecule has 0 saturated heterocycles. The molecule has 0 aromatic carbocycles. The molecular weight excluding hydrogens is 122 g/mol. The molecule has 0 N–H and O–H groups in total. The first-order valence-corrected chi connectivity index (χ1v) is 4.36. The van der Waals surface area contributed by atoms with Crippen LogP contribution in [0.4, 0.5) is 0 Å². The van der Waals surface area contributed by atoms with Crippen molar-refractivity contribution in [2.45, 2.75) is 52.0 Å². The minimum Gasteiger partial charge on any atom is -0.291 e. The van der Waals surface area contributed by atoms with Crippen molar-refractivity contribution in [2.24, 2.45) is 4.99 Å². The standard InChI is InChI=1S/C9H17N/c1-3-5-9-7-4-6-8(2)10-9/h9H,3-7H2,1-2H3. The van der Waals surface area contributed by atoms with Crippen molar-refractivity contribution in [1.29, 1.82) is 0 Å². The van der Waals surface area contributed by atoms with E-state index >= 15 is 0 Å². The first-order valence-electron chi connectivity index (χ1n) is 4.36. The fourth-order valence-corrected chi connectivity index (χ4v) is 1.58. The Hall–Kier alpha value is -0.330. The van der Waals surface area contributed by atoms with E-state index in [2.05, 4.69) is 18.8 Å². The van der Waals surface area contributed by atoms with Crippen LogP contribution in [0.1, 0.15) is 46.0 Å². The van der Waals surface area contributed by atoms with Crippen LogP contribution in [0.25, 0.3) is 0 Å². The lowest BCUT2D eigenvalue weighted by Crippen LogP contribution is -2.12. The van der Waals surface area contributed by atoms with Gasteiger partial charge >= 0.3 is 0 Å². The molecule has 0 bridgehead atoms. The Morgan fingerprint density at radius 1 is 1.60 bits per heavy atom. The molecule has 0 aromatic rings. The molecule has 0 spiro atoms. The van der Waals surface area contributed by atoms with Crippen LogP contribution in [-0.2, 0) is 0 Å². The molecule has 0 radical (unpaired) electrons. The zero-order valence-electron chi connectivity index (χ0n) is 7.06. The Morgan fingerprint density at radius 3 is 3.00 bits per heavy atom. The fraction of sp³-hybridized carbons (Fsp3) is 0.889. The van der Waals surface area contributed by atoms with Crippen LogP contribution in [0.3, 0.4) is 0 Å². The van der Waals surface area contributed by atoms with E-state index < -0.39 is 0 Å². The van der Waals surface area contributed by atoms with Gasteiger partial charge in [-0.05, 0) is 32.6 Å². The monoisotopic (exact) mass is 139 g/mol.